The van der Waals surface area contributed by atoms with E-state index in [-0.39, 0.29) is 43.5 Å². The van der Waals surface area contributed by atoms with Gasteiger partial charge in [-0.1, -0.05) is 30.3 Å². The predicted molar refractivity (Wildman–Crippen MR) is 202 cm³/mol. The number of sulfonamides is 3. The van der Waals surface area contributed by atoms with Gasteiger partial charge >= 0.3 is 6.09 Å². The van der Waals surface area contributed by atoms with Crippen molar-refractivity contribution < 1.29 is 49.6 Å². The Morgan fingerprint density at radius 1 is 0.709 bits per heavy atom. The van der Waals surface area contributed by atoms with Crippen molar-refractivity contribution in [3.05, 3.63) is 103 Å². The Labute approximate surface area is 316 Å². The second kappa shape index (κ2) is 18.1. The number of carbonyl (C=O) groups excluding carboxylic acids is 1. The zero-order valence-electron chi connectivity index (χ0n) is 29.7. The fourth-order valence-electron chi connectivity index (χ4n) is 4.88. The van der Waals surface area contributed by atoms with Crippen LogP contribution in [0.3, 0.4) is 0 Å². The average molecular weight is 830 g/mol. The standard InChI is InChI=1S/C31H39N7O14S3/c1-31(2,3)32-30(39)52-18-9-8-10-23(55(50,51)35-25-12-5-7-14-28(25)37(42)43)21-54(48,49)34-26-16-15-22(20-29(26)38(44)45)17-19-53(46,47)33-24-11-4-6-13-27(24)36(40)41/h4-7,11-16,20,23,33-35H,8-10,17-19,21H2,1-3H3,(H,32,39). The number of carbonyl (C=O) groups is 1. The predicted octanol–water partition coefficient (Wildman–Crippen LogP) is 4.64. The number of para-hydroxylation sites is 4. The first-order valence-corrected chi connectivity index (χ1v) is 21.1. The van der Waals surface area contributed by atoms with Gasteiger partial charge in [0, 0.05) is 23.7 Å². The zero-order chi connectivity index (χ0) is 41.2. The molecule has 3 aromatic carbocycles. The molecular weight excluding hydrogens is 791 g/mol. The fraction of sp³-hybridized carbons (Fsp3) is 0.387. The summed E-state index contributed by atoms with van der Waals surface area (Å²) in [5.74, 6) is -1.83. The van der Waals surface area contributed by atoms with E-state index >= 15 is 0 Å². The molecule has 300 valence electrons. The number of hydrogen-bond donors (Lipinski definition) is 4. The molecule has 0 spiro atoms. The molecule has 0 aliphatic carbocycles. The van der Waals surface area contributed by atoms with Crippen LogP contribution in [0.4, 0.5) is 38.9 Å². The smallest absolute Gasteiger partial charge is 0.407 e. The molecule has 3 aromatic rings. The van der Waals surface area contributed by atoms with E-state index in [1.54, 1.807) is 20.8 Å². The van der Waals surface area contributed by atoms with E-state index in [4.69, 9.17) is 4.74 Å². The fourth-order valence-corrected chi connectivity index (χ4v) is 9.62. The Morgan fingerprint density at radius 3 is 1.76 bits per heavy atom. The summed E-state index contributed by atoms with van der Waals surface area (Å²) in [6, 6.07) is 12.9. The molecule has 0 saturated carbocycles. The van der Waals surface area contributed by atoms with Gasteiger partial charge in [0.1, 0.15) is 17.1 Å². The number of ether oxygens (including phenoxy) is 1. The molecule has 55 heavy (non-hydrogen) atoms. The summed E-state index contributed by atoms with van der Waals surface area (Å²) in [4.78, 5) is 44.1. The number of unbranched alkanes of at least 4 members (excludes halogenated alkanes) is 1. The van der Waals surface area contributed by atoms with Crippen molar-refractivity contribution in [3.8, 4) is 0 Å². The van der Waals surface area contributed by atoms with Crippen molar-refractivity contribution in [2.45, 2.75) is 57.2 Å². The van der Waals surface area contributed by atoms with Crippen LogP contribution in [0.2, 0.25) is 0 Å². The molecule has 0 aliphatic heterocycles. The van der Waals surface area contributed by atoms with Crippen molar-refractivity contribution >= 4 is 70.3 Å². The molecule has 1 atom stereocenters. The van der Waals surface area contributed by atoms with Gasteiger partial charge in [-0.05, 0) is 70.2 Å². The van der Waals surface area contributed by atoms with Gasteiger partial charge in [-0.3, -0.25) is 44.5 Å². The molecule has 0 saturated heterocycles. The summed E-state index contributed by atoms with van der Waals surface area (Å²) in [6.45, 7) is 5.02. The lowest BCUT2D eigenvalue weighted by Gasteiger charge is -2.21. The molecule has 24 heteroatoms. The van der Waals surface area contributed by atoms with Crippen LogP contribution in [0, 0.1) is 30.3 Å². The number of anilines is 3. The van der Waals surface area contributed by atoms with E-state index in [1.807, 2.05) is 4.72 Å². The number of aryl methyl sites for hydroxylation is 1. The van der Waals surface area contributed by atoms with E-state index in [2.05, 4.69) is 14.8 Å². The number of rotatable bonds is 20. The highest BCUT2D eigenvalue weighted by Crippen LogP contribution is 2.30. The minimum absolute atomic E-state index is 0.00497. The van der Waals surface area contributed by atoms with Crippen LogP contribution in [0.25, 0.3) is 0 Å². The van der Waals surface area contributed by atoms with E-state index in [0.29, 0.717) is 0 Å². The highest BCUT2D eigenvalue weighted by Gasteiger charge is 2.33. The summed E-state index contributed by atoms with van der Waals surface area (Å²) in [6.07, 6.45) is -1.31. The van der Waals surface area contributed by atoms with Crippen LogP contribution in [0.1, 0.15) is 45.6 Å². The van der Waals surface area contributed by atoms with Gasteiger partial charge in [0.05, 0.1) is 38.1 Å². The summed E-state index contributed by atoms with van der Waals surface area (Å²) in [7, 11) is -13.6. The molecule has 0 bridgehead atoms. The lowest BCUT2D eigenvalue weighted by Crippen LogP contribution is -2.41. The Morgan fingerprint density at radius 2 is 1.22 bits per heavy atom. The topological polar surface area (TPSA) is 306 Å². The number of amides is 1. The number of nitrogens with zero attached hydrogens (tertiary/aromatic N) is 3. The summed E-state index contributed by atoms with van der Waals surface area (Å²) in [5, 5.41) is 35.5. The Bertz CT molecular complexity index is 2250. The first-order chi connectivity index (χ1) is 25.5. The van der Waals surface area contributed by atoms with E-state index < -0.39 is 102 Å². The maximum atomic E-state index is 13.6. The maximum Gasteiger partial charge on any atom is 0.407 e. The van der Waals surface area contributed by atoms with E-state index in [0.717, 1.165) is 30.3 Å². The second-order valence-corrected chi connectivity index (χ2v) is 18.6. The Kier molecular flexibility index (Phi) is 14.4. The van der Waals surface area contributed by atoms with Crippen LogP contribution >= 0.6 is 0 Å². The molecular formula is C31H39N7O14S3. The highest BCUT2D eigenvalue weighted by atomic mass is 32.2. The summed E-state index contributed by atoms with van der Waals surface area (Å²) in [5.41, 5.74) is -3.72. The van der Waals surface area contributed by atoms with Gasteiger partial charge in [0.25, 0.3) is 17.1 Å². The highest BCUT2D eigenvalue weighted by molar-refractivity contribution is 7.96. The minimum atomic E-state index is -4.73. The number of alkyl carbamates (subject to hydrolysis) is 1. The molecule has 4 N–H and O–H groups in total. The molecule has 0 fully saturated rings. The Hall–Kier alpha value is -5.62. The third kappa shape index (κ3) is 13.9. The van der Waals surface area contributed by atoms with E-state index in [1.165, 1.54) is 36.4 Å². The molecule has 21 nitrogen and oxygen atoms in total. The minimum Gasteiger partial charge on any atom is -0.450 e. The van der Waals surface area contributed by atoms with Crippen molar-refractivity contribution in [2.24, 2.45) is 0 Å². The van der Waals surface area contributed by atoms with Crippen molar-refractivity contribution in [1.82, 2.24) is 5.32 Å². The van der Waals surface area contributed by atoms with Crippen LogP contribution in [0.5, 0.6) is 0 Å². The molecule has 0 heterocycles. The van der Waals surface area contributed by atoms with Crippen LogP contribution < -0.4 is 19.5 Å². The van der Waals surface area contributed by atoms with Gasteiger partial charge in [0.15, 0.2) is 0 Å². The quantitative estimate of drug-likeness (QED) is 0.0685. The number of nitrogens with one attached hydrogen (secondary N) is 4. The van der Waals surface area contributed by atoms with Crippen molar-refractivity contribution in [1.29, 1.82) is 0 Å². The molecule has 0 aliphatic rings. The molecule has 0 aromatic heterocycles. The number of nitro benzene ring substituents is 3. The van der Waals surface area contributed by atoms with Crippen LogP contribution in [0.15, 0.2) is 66.7 Å². The van der Waals surface area contributed by atoms with E-state index in [9.17, 15) is 60.4 Å². The summed E-state index contributed by atoms with van der Waals surface area (Å²) < 4.78 is 90.6. The van der Waals surface area contributed by atoms with Crippen LogP contribution in [-0.2, 0) is 41.2 Å². The Balaban J connectivity index is 1.80. The number of hydrogen-bond acceptors (Lipinski definition) is 14. The lowest BCUT2D eigenvalue weighted by atomic mass is 10.1. The van der Waals surface area contributed by atoms with Crippen molar-refractivity contribution in [3.63, 3.8) is 0 Å². The number of benzene rings is 3. The number of nitro groups is 3. The maximum absolute atomic E-state index is 13.6. The third-order valence-electron chi connectivity index (χ3n) is 7.38. The van der Waals surface area contributed by atoms with Gasteiger partial charge < -0.3 is 10.1 Å². The first kappa shape index (κ1) is 43.8. The largest absolute Gasteiger partial charge is 0.450 e. The van der Waals surface area contributed by atoms with Gasteiger partial charge in [0.2, 0.25) is 30.1 Å². The second-order valence-electron chi connectivity index (χ2n) is 13.0. The van der Waals surface area contributed by atoms with Crippen molar-refractivity contribution in [2.75, 3.05) is 32.3 Å². The molecule has 1 amide bonds. The monoisotopic (exact) mass is 829 g/mol. The van der Waals surface area contributed by atoms with Gasteiger partial charge in [-0.2, -0.15) is 0 Å². The van der Waals surface area contributed by atoms with Crippen LogP contribution in [-0.4, -0.2) is 75.0 Å². The zero-order valence-corrected chi connectivity index (χ0v) is 32.1. The lowest BCUT2D eigenvalue weighted by molar-refractivity contribution is -0.384. The molecule has 0 radical (unpaired) electrons. The first-order valence-electron chi connectivity index (χ1n) is 16.2. The SMILES string of the molecule is CC(C)(C)NC(=O)OCCCCC(CS(=O)(=O)Nc1ccc(CCS(=O)(=O)Nc2ccccc2[N+](=O)[O-])cc1[N+](=O)[O-])S(=O)(=O)Nc1ccccc1[N+](=O)[O-]. The average Bonchev–Trinajstić information content (AvgIpc) is 3.06. The normalized spacial score (nSPS) is 12.6. The summed E-state index contributed by atoms with van der Waals surface area (Å²) >= 11 is 0. The van der Waals surface area contributed by atoms with Gasteiger partial charge in [-0.25, -0.2) is 30.0 Å². The molecule has 1 unspecified atom stereocenters. The third-order valence-corrected chi connectivity index (χ3v) is 12.0. The molecule has 3 rings (SSSR count). The van der Waals surface area contributed by atoms with Gasteiger partial charge in [-0.15, -0.1) is 0 Å².